The van der Waals surface area contributed by atoms with Gasteiger partial charge in [-0.05, 0) is 17.7 Å². The smallest absolute Gasteiger partial charge is 0.269 e. The Morgan fingerprint density at radius 3 is 2.50 bits per heavy atom. The highest BCUT2D eigenvalue weighted by atomic mass is 16.6. The Kier molecular flexibility index (Phi) is 2.18. The minimum atomic E-state index is -0.671. The standard InChI is InChI=1S/C9H9NO4/c11-9(8-5-14-8)6-1-3-7(4-2-6)10(12)13/h1-4,8-9,11H,5H2. The van der Waals surface area contributed by atoms with Gasteiger partial charge in [-0.15, -0.1) is 0 Å². The molecule has 1 saturated heterocycles. The molecular weight excluding hydrogens is 186 g/mol. The molecule has 14 heavy (non-hydrogen) atoms. The first-order valence-electron chi connectivity index (χ1n) is 4.22. The summed E-state index contributed by atoms with van der Waals surface area (Å²) in [7, 11) is 0. The van der Waals surface area contributed by atoms with E-state index in [1.165, 1.54) is 12.1 Å². The SMILES string of the molecule is O=[N+]([O-])c1ccc(C(O)C2CO2)cc1. The number of epoxide rings is 1. The van der Waals surface area contributed by atoms with Crippen LogP contribution in [0, 0.1) is 10.1 Å². The van der Waals surface area contributed by atoms with Gasteiger partial charge in [-0.1, -0.05) is 0 Å². The third-order valence-corrected chi connectivity index (χ3v) is 2.16. The fourth-order valence-electron chi connectivity index (χ4n) is 1.25. The lowest BCUT2D eigenvalue weighted by molar-refractivity contribution is -0.384. The number of ether oxygens (including phenoxy) is 1. The van der Waals surface area contributed by atoms with Crippen molar-refractivity contribution in [2.75, 3.05) is 6.61 Å². The maximum absolute atomic E-state index is 10.3. The van der Waals surface area contributed by atoms with E-state index >= 15 is 0 Å². The van der Waals surface area contributed by atoms with E-state index in [4.69, 9.17) is 4.74 Å². The van der Waals surface area contributed by atoms with Crippen LogP contribution in [-0.2, 0) is 4.74 Å². The third-order valence-electron chi connectivity index (χ3n) is 2.16. The van der Waals surface area contributed by atoms with Crippen LogP contribution in [-0.4, -0.2) is 22.7 Å². The highest BCUT2D eigenvalue weighted by Crippen LogP contribution is 2.28. The maximum Gasteiger partial charge on any atom is 0.269 e. The van der Waals surface area contributed by atoms with E-state index in [1.807, 2.05) is 0 Å². The summed E-state index contributed by atoms with van der Waals surface area (Å²) >= 11 is 0. The van der Waals surface area contributed by atoms with Crippen LogP contribution in [0.2, 0.25) is 0 Å². The first-order chi connectivity index (χ1) is 6.68. The number of aliphatic hydroxyl groups is 1. The summed E-state index contributed by atoms with van der Waals surface area (Å²) < 4.78 is 4.92. The molecule has 74 valence electrons. The molecule has 5 heteroatoms. The fraction of sp³-hybridized carbons (Fsp3) is 0.333. The second-order valence-corrected chi connectivity index (χ2v) is 3.17. The number of nitrogens with zero attached hydrogens (tertiary/aromatic N) is 1. The number of benzene rings is 1. The second kappa shape index (κ2) is 3.36. The van der Waals surface area contributed by atoms with Gasteiger partial charge in [0.25, 0.3) is 5.69 Å². The highest BCUT2D eigenvalue weighted by molar-refractivity contribution is 5.34. The molecule has 2 atom stereocenters. The highest BCUT2D eigenvalue weighted by Gasteiger charge is 2.32. The van der Waals surface area contributed by atoms with Crippen molar-refractivity contribution in [3.05, 3.63) is 39.9 Å². The Morgan fingerprint density at radius 2 is 2.07 bits per heavy atom. The summed E-state index contributed by atoms with van der Waals surface area (Å²) in [5.74, 6) is 0. The molecule has 0 saturated carbocycles. The average Bonchev–Trinajstić information content (AvgIpc) is 3.00. The summed E-state index contributed by atoms with van der Waals surface area (Å²) in [6.07, 6.45) is -0.813. The van der Waals surface area contributed by atoms with Gasteiger partial charge in [-0.3, -0.25) is 10.1 Å². The Labute approximate surface area is 80.1 Å². The predicted molar refractivity (Wildman–Crippen MR) is 47.8 cm³/mol. The summed E-state index contributed by atoms with van der Waals surface area (Å²) in [6, 6.07) is 5.84. The van der Waals surface area contributed by atoms with E-state index in [-0.39, 0.29) is 11.8 Å². The van der Waals surface area contributed by atoms with Crippen LogP contribution in [0.25, 0.3) is 0 Å². The summed E-state index contributed by atoms with van der Waals surface area (Å²) in [6.45, 7) is 0.554. The van der Waals surface area contributed by atoms with Gasteiger partial charge in [0.15, 0.2) is 0 Å². The fourth-order valence-corrected chi connectivity index (χ4v) is 1.25. The van der Waals surface area contributed by atoms with Gasteiger partial charge in [-0.2, -0.15) is 0 Å². The van der Waals surface area contributed by atoms with E-state index in [2.05, 4.69) is 0 Å². The lowest BCUT2D eigenvalue weighted by Gasteiger charge is -2.06. The maximum atomic E-state index is 10.3. The minimum Gasteiger partial charge on any atom is -0.386 e. The molecule has 1 aliphatic rings. The molecule has 1 aromatic rings. The molecule has 0 amide bonds. The van der Waals surface area contributed by atoms with Gasteiger partial charge in [0, 0.05) is 12.1 Å². The van der Waals surface area contributed by atoms with Crippen molar-refractivity contribution in [2.24, 2.45) is 0 Å². The van der Waals surface area contributed by atoms with Gasteiger partial charge >= 0.3 is 0 Å². The zero-order valence-corrected chi connectivity index (χ0v) is 7.29. The molecule has 1 heterocycles. The van der Waals surface area contributed by atoms with E-state index in [1.54, 1.807) is 12.1 Å². The van der Waals surface area contributed by atoms with Crippen molar-refractivity contribution in [1.82, 2.24) is 0 Å². The number of hydrogen-bond acceptors (Lipinski definition) is 4. The summed E-state index contributed by atoms with van der Waals surface area (Å²) in [4.78, 5) is 9.88. The lowest BCUT2D eigenvalue weighted by Crippen LogP contribution is -2.04. The van der Waals surface area contributed by atoms with E-state index in [0.29, 0.717) is 12.2 Å². The quantitative estimate of drug-likeness (QED) is 0.444. The van der Waals surface area contributed by atoms with Crippen molar-refractivity contribution in [3.8, 4) is 0 Å². The number of nitro groups is 1. The topological polar surface area (TPSA) is 75.9 Å². The number of hydrogen-bond donors (Lipinski definition) is 1. The van der Waals surface area contributed by atoms with Gasteiger partial charge < -0.3 is 9.84 Å². The van der Waals surface area contributed by atoms with E-state index in [9.17, 15) is 15.2 Å². The molecule has 1 aliphatic heterocycles. The Bertz CT molecular complexity index is 344. The molecule has 1 fully saturated rings. The van der Waals surface area contributed by atoms with Crippen molar-refractivity contribution >= 4 is 5.69 Å². The zero-order valence-electron chi connectivity index (χ0n) is 7.29. The van der Waals surface area contributed by atoms with Crippen molar-refractivity contribution in [3.63, 3.8) is 0 Å². The van der Waals surface area contributed by atoms with E-state index in [0.717, 1.165) is 0 Å². The van der Waals surface area contributed by atoms with Crippen LogP contribution in [0.3, 0.4) is 0 Å². The molecular formula is C9H9NO4. The zero-order chi connectivity index (χ0) is 10.1. The number of nitro benzene ring substituents is 1. The van der Waals surface area contributed by atoms with Crippen LogP contribution in [0.4, 0.5) is 5.69 Å². The van der Waals surface area contributed by atoms with Crippen LogP contribution in [0.15, 0.2) is 24.3 Å². The van der Waals surface area contributed by atoms with Gasteiger partial charge in [0.05, 0.1) is 11.5 Å². The molecule has 5 nitrogen and oxygen atoms in total. The molecule has 1 N–H and O–H groups in total. The first-order valence-corrected chi connectivity index (χ1v) is 4.22. The third kappa shape index (κ3) is 1.73. The largest absolute Gasteiger partial charge is 0.386 e. The van der Waals surface area contributed by atoms with E-state index < -0.39 is 11.0 Å². The first kappa shape index (κ1) is 9.11. The van der Waals surface area contributed by atoms with Crippen molar-refractivity contribution in [2.45, 2.75) is 12.2 Å². The molecule has 0 radical (unpaired) electrons. The Hall–Kier alpha value is -1.46. The summed E-state index contributed by atoms with van der Waals surface area (Å²) in [5.41, 5.74) is 0.677. The second-order valence-electron chi connectivity index (χ2n) is 3.17. The molecule has 2 rings (SSSR count). The van der Waals surface area contributed by atoms with Crippen LogP contribution in [0.5, 0.6) is 0 Å². The molecule has 2 unspecified atom stereocenters. The number of rotatable bonds is 3. The molecule has 0 bridgehead atoms. The lowest BCUT2D eigenvalue weighted by atomic mass is 10.1. The van der Waals surface area contributed by atoms with Crippen molar-refractivity contribution in [1.29, 1.82) is 0 Å². The van der Waals surface area contributed by atoms with Gasteiger partial charge in [-0.25, -0.2) is 0 Å². The van der Waals surface area contributed by atoms with Crippen LogP contribution in [0.1, 0.15) is 11.7 Å². The van der Waals surface area contributed by atoms with Crippen molar-refractivity contribution < 1.29 is 14.8 Å². The Morgan fingerprint density at radius 1 is 1.50 bits per heavy atom. The summed E-state index contributed by atoms with van der Waals surface area (Å²) in [5, 5.41) is 19.9. The molecule has 1 aromatic carbocycles. The van der Waals surface area contributed by atoms with Gasteiger partial charge in [0.1, 0.15) is 12.2 Å². The number of non-ortho nitro benzene ring substituents is 1. The molecule has 0 aliphatic carbocycles. The monoisotopic (exact) mass is 195 g/mol. The Balaban J connectivity index is 2.16. The molecule has 0 aromatic heterocycles. The average molecular weight is 195 g/mol. The van der Waals surface area contributed by atoms with Crippen LogP contribution >= 0.6 is 0 Å². The normalized spacial score (nSPS) is 21.6. The van der Waals surface area contributed by atoms with Gasteiger partial charge in [0.2, 0.25) is 0 Å². The minimum absolute atomic E-state index is 0.0256. The van der Waals surface area contributed by atoms with Crippen LogP contribution < -0.4 is 0 Å². The predicted octanol–water partition coefficient (Wildman–Crippen LogP) is 1.03. The number of aliphatic hydroxyl groups excluding tert-OH is 1. The molecule has 0 spiro atoms.